The van der Waals surface area contributed by atoms with Crippen LogP contribution in [0.15, 0.2) is 18.2 Å². The smallest absolute Gasteiger partial charge is 0.374 e. The standard InChI is InChI=1S/C21H40O6Si2/c1-8-22-28(23-9-2,24-10-3)18-17-20-15-14-16-21(19(20)7)29(25-11-4,26-12-5)27-13-6/h14-16H,8-13,17-18H2,1-7H3. The van der Waals surface area contributed by atoms with E-state index in [4.69, 9.17) is 26.6 Å². The summed E-state index contributed by atoms with van der Waals surface area (Å²) < 4.78 is 36.4. The zero-order chi connectivity index (χ0) is 21.8. The molecule has 168 valence electrons. The summed E-state index contributed by atoms with van der Waals surface area (Å²) in [7, 11) is -5.64. The van der Waals surface area contributed by atoms with E-state index in [1.807, 2.05) is 41.5 Å². The van der Waals surface area contributed by atoms with E-state index in [9.17, 15) is 0 Å². The summed E-state index contributed by atoms with van der Waals surface area (Å²) in [6.07, 6.45) is 0.806. The number of hydrogen-bond donors (Lipinski definition) is 0. The summed E-state index contributed by atoms with van der Waals surface area (Å²) in [5, 5.41) is 1.04. The van der Waals surface area contributed by atoms with E-state index in [1.165, 1.54) is 5.56 Å². The third-order valence-electron chi connectivity index (χ3n) is 4.57. The Morgan fingerprint density at radius 3 is 1.52 bits per heavy atom. The quantitative estimate of drug-likeness (QED) is 0.361. The Hall–Kier alpha value is -0.586. The van der Waals surface area contributed by atoms with Crippen molar-refractivity contribution in [2.24, 2.45) is 0 Å². The first kappa shape index (κ1) is 26.4. The second kappa shape index (κ2) is 13.7. The van der Waals surface area contributed by atoms with Gasteiger partial charge in [0.05, 0.1) is 0 Å². The zero-order valence-electron chi connectivity index (χ0n) is 19.3. The maximum Gasteiger partial charge on any atom is 0.537 e. The normalized spacial score (nSPS) is 12.5. The predicted octanol–water partition coefficient (Wildman–Crippen LogP) is 3.84. The minimum absolute atomic E-state index is 0.547. The molecule has 0 atom stereocenters. The van der Waals surface area contributed by atoms with E-state index in [0.29, 0.717) is 39.6 Å². The van der Waals surface area contributed by atoms with E-state index in [-0.39, 0.29) is 0 Å². The molecule has 6 nitrogen and oxygen atoms in total. The van der Waals surface area contributed by atoms with Gasteiger partial charge in [0, 0.05) is 50.9 Å². The Labute approximate surface area is 179 Å². The van der Waals surface area contributed by atoms with Crippen molar-refractivity contribution in [2.75, 3.05) is 39.6 Å². The highest BCUT2D eigenvalue weighted by atomic mass is 28.4. The monoisotopic (exact) mass is 444 g/mol. The summed E-state index contributed by atoms with van der Waals surface area (Å²) in [6, 6.07) is 7.01. The van der Waals surface area contributed by atoms with Crippen molar-refractivity contribution in [3.8, 4) is 0 Å². The largest absolute Gasteiger partial charge is 0.537 e. The van der Waals surface area contributed by atoms with E-state index < -0.39 is 17.6 Å². The van der Waals surface area contributed by atoms with Crippen LogP contribution >= 0.6 is 0 Å². The van der Waals surface area contributed by atoms with Gasteiger partial charge in [0.1, 0.15) is 0 Å². The van der Waals surface area contributed by atoms with Gasteiger partial charge in [0.25, 0.3) is 0 Å². The Kier molecular flexibility index (Phi) is 12.5. The van der Waals surface area contributed by atoms with Gasteiger partial charge in [-0.15, -0.1) is 0 Å². The van der Waals surface area contributed by atoms with Crippen LogP contribution in [0.3, 0.4) is 0 Å². The van der Waals surface area contributed by atoms with Crippen molar-refractivity contribution in [2.45, 2.75) is 60.9 Å². The minimum Gasteiger partial charge on any atom is -0.374 e. The lowest BCUT2D eigenvalue weighted by Crippen LogP contribution is -2.58. The van der Waals surface area contributed by atoms with Crippen molar-refractivity contribution in [3.05, 3.63) is 29.3 Å². The molecule has 29 heavy (non-hydrogen) atoms. The molecular formula is C21H40O6Si2. The molecule has 0 heterocycles. The van der Waals surface area contributed by atoms with E-state index in [0.717, 1.165) is 23.2 Å². The fourth-order valence-corrected chi connectivity index (χ4v) is 8.86. The second-order valence-corrected chi connectivity index (χ2v) is 11.7. The van der Waals surface area contributed by atoms with E-state index >= 15 is 0 Å². The van der Waals surface area contributed by atoms with E-state index in [1.54, 1.807) is 0 Å². The molecule has 0 amide bonds. The molecule has 1 rings (SSSR count). The van der Waals surface area contributed by atoms with Gasteiger partial charge in [-0.1, -0.05) is 18.2 Å². The van der Waals surface area contributed by atoms with Crippen LogP contribution in [-0.4, -0.2) is 57.3 Å². The van der Waals surface area contributed by atoms with Gasteiger partial charge in [0.15, 0.2) is 0 Å². The molecule has 0 aliphatic heterocycles. The number of hydrogen-bond acceptors (Lipinski definition) is 6. The van der Waals surface area contributed by atoms with Crippen molar-refractivity contribution < 1.29 is 26.6 Å². The average molecular weight is 445 g/mol. The zero-order valence-corrected chi connectivity index (χ0v) is 21.3. The summed E-state index contributed by atoms with van der Waals surface area (Å²) in [4.78, 5) is 0. The third kappa shape index (κ3) is 7.25. The maximum absolute atomic E-state index is 6.12. The van der Waals surface area contributed by atoms with Gasteiger partial charge in [-0.25, -0.2) is 0 Å². The van der Waals surface area contributed by atoms with Crippen molar-refractivity contribution in [3.63, 3.8) is 0 Å². The molecule has 0 N–H and O–H groups in total. The van der Waals surface area contributed by atoms with Crippen LogP contribution in [0.1, 0.15) is 52.7 Å². The highest BCUT2D eigenvalue weighted by Crippen LogP contribution is 2.22. The van der Waals surface area contributed by atoms with Gasteiger partial charge < -0.3 is 26.6 Å². The van der Waals surface area contributed by atoms with Crippen LogP contribution in [0, 0.1) is 6.92 Å². The molecule has 8 heteroatoms. The lowest BCUT2D eigenvalue weighted by Gasteiger charge is -2.31. The molecular weight excluding hydrogens is 404 g/mol. The molecule has 0 aliphatic rings. The van der Waals surface area contributed by atoms with Gasteiger partial charge in [-0.05, 0) is 66.0 Å². The van der Waals surface area contributed by atoms with E-state index in [2.05, 4.69) is 25.1 Å². The van der Waals surface area contributed by atoms with Crippen LogP contribution in [0.5, 0.6) is 0 Å². The van der Waals surface area contributed by atoms with Crippen LogP contribution in [0.25, 0.3) is 0 Å². The van der Waals surface area contributed by atoms with Crippen molar-refractivity contribution >= 4 is 22.8 Å². The Morgan fingerprint density at radius 1 is 0.655 bits per heavy atom. The summed E-state index contributed by atoms with van der Waals surface area (Å²) in [5.41, 5.74) is 2.37. The first-order valence-electron chi connectivity index (χ1n) is 10.9. The minimum atomic E-state index is -2.95. The lowest BCUT2D eigenvalue weighted by atomic mass is 10.1. The summed E-state index contributed by atoms with van der Waals surface area (Å²) >= 11 is 0. The fraction of sp³-hybridized carbons (Fsp3) is 0.714. The Balaban J connectivity index is 3.22. The highest BCUT2D eigenvalue weighted by Gasteiger charge is 2.45. The molecule has 0 aromatic heterocycles. The molecule has 0 fully saturated rings. The Bertz CT molecular complexity index is 550. The third-order valence-corrected chi connectivity index (χ3v) is 10.8. The van der Waals surface area contributed by atoms with Gasteiger partial charge >= 0.3 is 17.6 Å². The number of rotatable bonds is 16. The molecule has 0 saturated carbocycles. The van der Waals surface area contributed by atoms with Crippen molar-refractivity contribution in [1.82, 2.24) is 0 Å². The topological polar surface area (TPSA) is 55.4 Å². The molecule has 0 aliphatic carbocycles. The molecule has 0 unspecified atom stereocenters. The second-order valence-electron chi connectivity index (χ2n) is 6.43. The summed E-state index contributed by atoms with van der Waals surface area (Å²) in [6.45, 7) is 17.4. The predicted molar refractivity (Wildman–Crippen MR) is 121 cm³/mol. The molecule has 1 aromatic carbocycles. The molecule has 1 aromatic rings. The molecule has 0 spiro atoms. The maximum atomic E-state index is 6.12. The molecule has 0 saturated heterocycles. The molecule has 0 radical (unpaired) electrons. The van der Waals surface area contributed by atoms with Crippen molar-refractivity contribution in [1.29, 1.82) is 0 Å². The highest BCUT2D eigenvalue weighted by molar-refractivity contribution is 6.75. The number of benzene rings is 1. The molecule has 0 bridgehead atoms. The van der Waals surface area contributed by atoms with Crippen LogP contribution in [0.4, 0.5) is 0 Å². The van der Waals surface area contributed by atoms with Gasteiger partial charge in [0.2, 0.25) is 0 Å². The lowest BCUT2D eigenvalue weighted by molar-refractivity contribution is 0.0714. The Morgan fingerprint density at radius 2 is 1.10 bits per heavy atom. The van der Waals surface area contributed by atoms with Gasteiger partial charge in [-0.3, -0.25) is 0 Å². The fourth-order valence-electron chi connectivity index (χ4n) is 3.50. The number of aryl methyl sites for hydroxylation is 1. The van der Waals surface area contributed by atoms with Crippen LogP contribution < -0.4 is 5.19 Å². The van der Waals surface area contributed by atoms with Gasteiger partial charge in [-0.2, -0.15) is 0 Å². The summed E-state index contributed by atoms with van der Waals surface area (Å²) in [5.74, 6) is 0. The SMILES string of the molecule is CCO[Si](CCc1cccc([Si](OCC)(OCC)OCC)c1C)(OCC)OCC. The first-order chi connectivity index (χ1) is 14.0. The van der Waals surface area contributed by atoms with Crippen LogP contribution in [-0.2, 0) is 33.0 Å². The average Bonchev–Trinajstić information content (AvgIpc) is 2.68. The first-order valence-corrected chi connectivity index (χ1v) is 14.6. The van der Waals surface area contributed by atoms with Crippen LogP contribution in [0.2, 0.25) is 6.04 Å².